The van der Waals surface area contributed by atoms with Crippen molar-refractivity contribution < 1.29 is 14.6 Å². The second-order valence-corrected chi connectivity index (χ2v) is 4.81. The highest BCUT2D eigenvalue weighted by molar-refractivity contribution is 5.59. The molecule has 3 aromatic rings. The summed E-state index contributed by atoms with van der Waals surface area (Å²) >= 11 is 0. The zero-order chi connectivity index (χ0) is 16.2. The van der Waals surface area contributed by atoms with Crippen molar-refractivity contribution in [1.29, 1.82) is 0 Å². The Labute approximate surface area is 133 Å². The van der Waals surface area contributed by atoms with Gasteiger partial charge >= 0.3 is 0 Å². The summed E-state index contributed by atoms with van der Waals surface area (Å²) in [6.07, 6.45) is 1.69. The van der Waals surface area contributed by atoms with E-state index in [0.29, 0.717) is 24.1 Å². The largest absolute Gasteiger partial charge is 0.508 e. The van der Waals surface area contributed by atoms with E-state index in [1.807, 2.05) is 10.6 Å². The number of phenolic OH excluding ortho intramolecular Hbond substituents is 1. The molecule has 0 aliphatic carbocycles. The quantitative estimate of drug-likeness (QED) is 0.777. The molecule has 23 heavy (non-hydrogen) atoms. The maximum Gasteiger partial charge on any atom is 0.213 e. The fraction of sp³-hybridized carbons (Fsp3) is 0.188. The number of ether oxygens (including phenoxy) is 2. The summed E-state index contributed by atoms with van der Waals surface area (Å²) in [6, 6.07) is 10.4. The van der Waals surface area contributed by atoms with E-state index in [1.165, 1.54) is 0 Å². The number of benzene rings is 1. The number of hydrogen-bond acceptors (Lipinski definition) is 6. The standard InChI is InChI=1S/C16H16N4O3/c1-22-10-14-18-19-16(11-3-6-13(21)7-4-11)20(14)12-5-8-15(23-2)17-9-12/h3-9,21H,10H2,1-2H3. The monoisotopic (exact) mass is 312 g/mol. The Morgan fingerprint density at radius 1 is 1.04 bits per heavy atom. The zero-order valence-corrected chi connectivity index (χ0v) is 12.8. The van der Waals surface area contributed by atoms with Crippen LogP contribution in [0.3, 0.4) is 0 Å². The smallest absolute Gasteiger partial charge is 0.213 e. The lowest BCUT2D eigenvalue weighted by molar-refractivity contribution is 0.176. The van der Waals surface area contributed by atoms with Crippen molar-refractivity contribution >= 4 is 0 Å². The molecule has 0 aliphatic rings. The SMILES string of the molecule is COCc1nnc(-c2ccc(O)cc2)n1-c1ccc(OC)nc1. The summed E-state index contributed by atoms with van der Waals surface area (Å²) in [5.74, 6) is 2.02. The molecule has 7 heteroatoms. The van der Waals surface area contributed by atoms with E-state index in [9.17, 15) is 5.11 Å². The summed E-state index contributed by atoms with van der Waals surface area (Å²) in [5, 5.41) is 17.9. The molecule has 0 fully saturated rings. The van der Waals surface area contributed by atoms with Crippen LogP contribution in [-0.4, -0.2) is 39.1 Å². The Kier molecular flexibility index (Phi) is 4.20. The van der Waals surface area contributed by atoms with Gasteiger partial charge in [0.2, 0.25) is 5.88 Å². The molecule has 0 spiro atoms. The predicted octanol–water partition coefficient (Wildman–Crippen LogP) is 2.19. The van der Waals surface area contributed by atoms with Crippen LogP contribution in [-0.2, 0) is 11.3 Å². The number of phenols is 1. The summed E-state index contributed by atoms with van der Waals surface area (Å²) in [5.41, 5.74) is 1.62. The molecule has 3 rings (SSSR count). The number of rotatable bonds is 5. The van der Waals surface area contributed by atoms with E-state index in [-0.39, 0.29) is 5.75 Å². The average molecular weight is 312 g/mol. The van der Waals surface area contributed by atoms with Gasteiger partial charge in [0.15, 0.2) is 11.6 Å². The van der Waals surface area contributed by atoms with Crippen molar-refractivity contribution in [2.75, 3.05) is 14.2 Å². The Morgan fingerprint density at radius 2 is 1.83 bits per heavy atom. The third-order valence-corrected chi connectivity index (χ3v) is 3.32. The molecule has 0 atom stereocenters. The van der Waals surface area contributed by atoms with Crippen LogP contribution in [0.1, 0.15) is 5.82 Å². The van der Waals surface area contributed by atoms with Gasteiger partial charge in [-0.1, -0.05) is 0 Å². The van der Waals surface area contributed by atoms with Crippen LogP contribution < -0.4 is 4.74 Å². The molecule has 118 valence electrons. The molecule has 0 radical (unpaired) electrons. The average Bonchev–Trinajstić information content (AvgIpc) is 3.00. The number of aromatic nitrogens is 4. The van der Waals surface area contributed by atoms with Crippen molar-refractivity contribution in [3.8, 4) is 28.7 Å². The van der Waals surface area contributed by atoms with E-state index in [2.05, 4.69) is 15.2 Å². The molecule has 0 unspecified atom stereocenters. The molecule has 0 saturated carbocycles. The van der Waals surface area contributed by atoms with Crippen LogP contribution in [0.4, 0.5) is 0 Å². The maximum atomic E-state index is 9.45. The normalized spacial score (nSPS) is 10.7. The highest BCUT2D eigenvalue weighted by atomic mass is 16.5. The van der Waals surface area contributed by atoms with Gasteiger partial charge in [-0.15, -0.1) is 10.2 Å². The first-order valence-corrected chi connectivity index (χ1v) is 6.96. The van der Waals surface area contributed by atoms with Crippen LogP contribution in [0.25, 0.3) is 17.1 Å². The van der Waals surface area contributed by atoms with Crippen LogP contribution in [0, 0.1) is 0 Å². The van der Waals surface area contributed by atoms with E-state index in [4.69, 9.17) is 9.47 Å². The second-order valence-electron chi connectivity index (χ2n) is 4.81. The number of nitrogens with zero attached hydrogens (tertiary/aromatic N) is 4. The van der Waals surface area contributed by atoms with Crippen LogP contribution >= 0.6 is 0 Å². The summed E-state index contributed by atoms with van der Waals surface area (Å²) in [6.45, 7) is 0.317. The fourth-order valence-corrected chi connectivity index (χ4v) is 2.23. The van der Waals surface area contributed by atoms with E-state index in [1.54, 1.807) is 50.7 Å². The topological polar surface area (TPSA) is 82.3 Å². The van der Waals surface area contributed by atoms with E-state index < -0.39 is 0 Å². The van der Waals surface area contributed by atoms with Crippen LogP contribution in [0.5, 0.6) is 11.6 Å². The van der Waals surface area contributed by atoms with Gasteiger partial charge in [0.25, 0.3) is 0 Å². The molecule has 0 aliphatic heterocycles. The fourth-order valence-electron chi connectivity index (χ4n) is 2.23. The number of methoxy groups -OCH3 is 2. The van der Waals surface area contributed by atoms with Gasteiger partial charge in [-0.25, -0.2) is 4.98 Å². The first-order chi connectivity index (χ1) is 11.2. The van der Waals surface area contributed by atoms with Crippen molar-refractivity contribution in [2.45, 2.75) is 6.61 Å². The molecule has 0 bridgehead atoms. The van der Waals surface area contributed by atoms with E-state index in [0.717, 1.165) is 11.3 Å². The lowest BCUT2D eigenvalue weighted by Gasteiger charge is -2.10. The van der Waals surface area contributed by atoms with Gasteiger partial charge in [-0.2, -0.15) is 0 Å². The maximum absolute atomic E-state index is 9.45. The first-order valence-electron chi connectivity index (χ1n) is 6.96. The predicted molar refractivity (Wildman–Crippen MR) is 83.5 cm³/mol. The van der Waals surface area contributed by atoms with Crippen LogP contribution in [0.2, 0.25) is 0 Å². The summed E-state index contributed by atoms with van der Waals surface area (Å²) in [7, 11) is 3.17. The number of aromatic hydroxyl groups is 1. The number of hydrogen-bond donors (Lipinski definition) is 1. The lowest BCUT2D eigenvalue weighted by atomic mass is 10.2. The van der Waals surface area contributed by atoms with Crippen molar-refractivity contribution in [3.63, 3.8) is 0 Å². The highest BCUT2D eigenvalue weighted by Crippen LogP contribution is 2.25. The Balaban J connectivity index is 2.11. The molecule has 2 heterocycles. The van der Waals surface area contributed by atoms with Gasteiger partial charge in [0, 0.05) is 18.7 Å². The second kappa shape index (κ2) is 6.45. The zero-order valence-electron chi connectivity index (χ0n) is 12.8. The van der Waals surface area contributed by atoms with Crippen molar-refractivity contribution in [1.82, 2.24) is 19.7 Å². The van der Waals surface area contributed by atoms with Gasteiger partial charge in [0.05, 0.1) is 19.0 Å². The Morgan fingerprint density at radius 3 is 2.43 bits per heavy atom. The van der Waals surface area contributed by atoms with E-state index >= 15 is 0 Å². The minimum absolute atomic E-state index is 0.197. The van der Waals surface area contributed by atoms with Crippen molar-refractivity contribution in [3.05, 3.63) is 48.4 Å². The number of pyridine rings is 1. The summed E-state index contributed by atoms with van der Waals surface area (Å²) < 4.78 is 12.1. The molecule has 0 amide bonds. The summed E-state index contributed by atoms with van der Waals surface area (Å²) in [4.78, 5) is 4.22. The van der Waals surface area contributed by atoms with Gasteiger partial charge < -0.3 is 14.6 Å². The molecule has 1 N–H and O–H groups in total. The van der Waals surface area contributed by atoms with Crippen molar-refractivity contribution in [2.24, 2.45) is 0 Å². The Bertz CT molecular complexity index is 782. The first kappa shape index (κ1) is 15.0. The molecule has 1 aromatic carbocycles. The minimum atomic E-state index is 0.197. The molecular weight excluding hydrogens is 296 g/mol. The Hall–Kier alpha value is -2.93. The highest BCUT2D eigenvalue weighted by Gasteiger charge is 2.16. The van der Waals surface area contributed by atoms with Gasteiger partial charge in [-0.3, -0.25) is 4.57 Å². The lowest BCUT2D eigenvalue weighted by Crippen LogP contribution is -2.05. The molecule has 7 nitrogen and oxygen atoms in total. The third-order valence-electron chi connectivity index (χ3n) is 3.32. The minimum Gasteiger partial charge on any atom is -0.508 e. The molecule has 0 saturated heterocycles. The van der Waals surface area contributed by atoms with Crippen LogP contribution in [0.15, 0.2) is 42.6 Å². The molecular formula is C16H16N4O3. The third kappa shape index (κ3) is 3.00. The van der Waals surface area contributed by atoms with Gasteiger partial charge in [0.1, 0.15) is 12.4 Å². The molecule has 2 aromatic heterocycles. The van der Waals surface area contributed by atoms with Gasteiger partial charge in [-0.05, 0) is 30.3 Å².